The number of hydrogen-bond donors (Lipinski definition) is 1. The van der Waals surface area contributed by atoms with Crippen molar-refractivity contribution in [3.8, 4) is 16.8 Å². The molecule has 1 N–H and O–H groups in total. The monoisotopic (exact) mass is 394 g/mol. The normalized spacial score (nSPS) is 15.8. The molecule has 28 heavy (non-hydrogen) atoms. The summed E-state index contributed by atoms with van der Waals surface area (Å²) in [7, 11) is 0. The van der Waals surface area contributed by atoms with Crippen molar-refractivity contribution < 1.29 is 4.79 Å². The number of hydrogen-bond acceptors (Lipinski definition) is 3. The number of rotatable bonds is 5. The molecule has 0 saturated heterocycles. The SMILES string of the molecule is CC(=O)Nc1ncccc1-c1ccc(-n2nc(C3CC3)cc2C2CC2)cc1.Cl. The lowest BCUT2D eigenvalue weighted by Gasteiger charge is -2.11. The second kappa shape index (κ2) is 7.40. The van der Waals surface area contributed by atoms with E-state index in [0.29, 0.717) is 17.7 Å². The first-order valence-electron chi connectivity index (χ1n) is 9.62. The van der Waals surface area contributed by atoms with Gasteiger partial charge in [-0.3, -0.25) is 4.79 Å². The predicted molar refractivity (Wildman–Crippen MR) is 112 cm³/mol. The lowest BCUT2D eigenvalue weighted by molar-refractivity contribution is -0.114. The number of carbonyl (C=O) groups excluding carboxylic acids is 1. The van der Waals surface area contributed by atoms with E-state index in [1.54, 1.807) is 6.20 Å². The number of pyridine rings is 1. The fraction of sp³-hybridized carbons (Fsp3) is 0.318. The molecular weight excluding hydrogens is 372 g/mol. The van der Waals surface area contributed by atoms with E-state index in [2.05, 4.69) is 45.3 Å². The molecule has 6 heteroatoms. The van der Waals surface area contributed by atoms with E-state index >= 15 is 0 Å². The molecule has 2 fully saturated rings. The zero-order chi connectivity index (χ0) is 18.4. The summed E-state index contributed by atoms with van der Waals surface area (Å²) >= 11 is 0. The van der Waals surface area contributed by atoms with Crippen LogP contribution in [0.3, 0.4) is 0 Å². The van der Waals surface area contributed by atoms with Gasteiger partial charge in [0.15, 0.2) is 0 Å². The topological polar surface area (TPSA) is 59.8 Å². The van der Waals surface area contributed by atoms with Crippen molar-refractivity contribution in [2.45, 2.75) is 44.4 Å². The molecule has 2 saturated carbocycles. The number of anilines is 1. The van der Waals surface area contributed by atoms with Gasteiger partial charge in [0, 0.05) is 36.2 Å². The van der Waals surface area contributed by atoms with Crippen molar-refractivity contribution >= 4 is 24.1 Å². The van der Waals surface area contributed by atoms with Gasteiger partial charge in [0.05, 0.1) is 11.4 Å². The van der Waals surface area contributed by atoms with Gasteiger partial charge >= 0.3 is 0 Å². The maximum absolute atomic E-state index is 11.4. The molecule has 0 aliphatic heterocycles. The minimum atomic E-state index is -0.121. The number of benzene rings is 1. The Bertz CT molecular complexity index is 1000. The van der Waals surface area contributed by atoms with Crippen LogP contribution in [-0.2, 0) is 4.79 Å². The van der Waals surface area contributed by atoms with Crippen LogP contribution in [-0.4, -0.2) is 20.7 Å². The fourth-order valence-corrected chi connectivity index (χ4v) is 3.56. The number of carbonyl (C=O) groups is 1. The van der Waals surface area contributed by atoms with Crippen LogP contribution in [0.5, 0.6) is 0 Å². The van der Waals surface area contributed by atoms with Crippen LogP contribution in [0.25, 0.3) is 16.8 Å². The molecule has 0 atom stereocenters. The van der Waals surface area contributed by atoms with Gasteiger partial charge in [-0.1, -0.05) is 12.1 Å². The Hall–Kier alpha value is -2.66. The first-order chi connectivity index (χ1) is 13.2. The standard InChI is InChI=1S/C22H22N4O.ClH/c1-14(27)24-22-19(3-2-12-23-22)15-8-10-18(11-9-15)26-21(17-6-7-17)13-20(25-26)16-4-5-16;/h2-3,8-13,16-17H,4-7H2,1H3,(H,23,24,27);1H. The van der Waals surface area contributed by atoms with Crippen LogP contribution in [0.2, 0.25) is 0 Å². The number of halogens is 1. The van der Waals surface area contributed by atoms with Crippen LogP contribution >= 0.6 is 12.4 Å². The second-order valence-electron chi connectivity index (χ2n) is 7.58. The van der Waals surface area contributed by atoms with Crippen LogP contribution in [0, 0.1) is 0 Å². The molecule has 0 radical (unpaired) electrons. The lowest BCUT2D eigenvalue weighted by Crippen LogP contribution is -2.08. The van der Waals surface area contributed by atoms with Gasteiger partial charge in [0.2, 0.25) is 5.91 Å². The van der Waals surface area contributed by atoms with Crippen LogP contribution in [0.15, 0.2) is 48.7 Å². The molecule has 2 aromatic heterocycles. The van der Waals surface area contributed by atoms with E-state index in [1.165, 1.54) is 44.0 Å². The molecule has 5 rings (SSSR count). The molecule has 5 nitrogen and oxygen atoms in total. The quantitative estimate of drug-likeness (QED) is 0.657. The third-order valence-corrected chi connectivity index (χ3v) is 5.27. The minimum absolute atomic E-state index is 0. The first kappa shape index (κ1) is 18.7. The summed E-state index contributed by atoms with van der Waals surface area (Å²) < 4.78 is 2.13. The number of nitrogens with one attached hydrogen (secondary N) is 1. The largest absolute Gasteiger partial charge is 0.310 e. The zero-order valence-corrected chi connectivity index (χ0v) is 16.6. The van der Waals surface area contributed by atoms with Gasteiger partial charge in [-0.15, -0.1) is 12.4 Å². The molecule has 2 heterocycles. The highest BCUT2D eigenvalue weighted by atomic mass is 35.5. The Balaban J connectivity index is 0.00000192. The fourth-order valence-electron chi connectivity index (χ4n) is 3.56. The van der Waals surface area contributed by atoms with Gasteiger partial charge in [-0.25, -0.2) is 9.67 Å². The molecule has 3 aromatic rings. The van der Waals surface area contributed by atoms with Crippen molar-refractivity contribution in [2.24, 2.45) is 0 Å². The van der Waals surface area contributed by atoms with Crippen LogP contribution < -0.4 is 5.32 Å². The van der Waals surface area contributed by atoms with E-state index in [9.17, 15) is 4.79 Å². The van der Waals surface area contributed by atoms with Gasteiger partial charge in [0.25, 0.3) is 0 Å². The molecule has 1 aromatic carbocycles. The number of amides is 1. The Morgan fingerprint density at radius 3 is 2.43 bits per heavy atom. The molecule has 0 spiro atoms. The van der Waals surface area contributed by atoms with Gasteiger partial charge in [-0.05, 0) is 61.6 Å². The molecule has 144 valence electrons. The minimum Gasteiger partial charge on any atom is -0.310 e. The third-order valence-electron chi connectivity index (χ3n) is 5.27. The van der Waals surface area contributed by atoms with Crippen molar-refractivity contribution in [2.75, 3.05) is 5.32 Å². The summed E-state index contributed by atoms with van der Waals surface area (Å²) in [6.07, 6.45) is 6.77. The first-order valence-corrected chi connectivity index (χ1v) is 9.62. The Morgan fingerprint density at radius 2 is 1.79 bits per heavy atom. The highest BCUT2D eigenvalue weighted by Gasteiger charge is 2.32. The Kier molecular flexibility index (Phi) is 4.94. The Labute approximate surface area is 170 Å². The van der Waals surface area contributed by atoms with Crippen molar-refractivity contribution in [1.82, 2.24) is 14.8 Å². The molecule has 1 amide bonds. The third kappa shape index (κ3) is 3.67. The highest BCUT2D eigenvalue weighted by molar-refractivity contribution is 5.92. The summed E-state index contributed by atoms with van der Waals surface area (Å²) in [6, 6.07) is 14.5. The van der Waals surface area contributed by atoms with E-state index in [1.807, 2.05) is 12.1 Å². The van der Waals surface area contributed by atoms with Crippen LogP contribution in [0.1, 0.15) is 55.8 Å². The van der Waals surface area contributed by atoms with Crippen molar-refractivity contribution in [1.29, 1.82) is 0 Å². The summed E-state index contributed by atoms with van der Waals surface area (Å²) in [5.41, 5.74) is 5.64. The average molecular weight is 395 g/mol. The smallest absolute Gasteiger partial charge is 0.222 e. The summed E-state index contributed by atoms with van der Waals surface area (Å²) in [5, 5.41) is 7.72. The number of aromatic nitrogens is 3. The molecule has 2 aliphatic carbocycles. The van der Waals surface area contributed by atoms with E-state index < -0.39 is 0 Å². The maximum atomic E-state index is 11.4. The lowest BCUT2D eigenvalue weighted by atomic mass is 10.1. The van der Waals surface area contributed by atoms with E-state index in [0.717, 1.165) is 16.8 Å². The maximum Gasteiger partial charge on any atom is 0.222 e. The zero-order valence-electron chi connectivity index (χ0n) is 15.8. The predicted octanol–water partition coefficient (Wildman–Crippen LogP) is 5.07. The van der Waals surface area contributed by atoms with Crippen molar-refractivity contribution in [3.63, 3.8) is 0 Å². The average Bonchev–Trinajstić information content (AvgIpc) is 3.60. The van der Waals surface area contributed by atoms with Crippen LogP contribution in [0.4, 0.5) is 5.82 Å². The molecule has 0 unspecified atom stereocenters. The van der Waals surface area contributed by atoms with E-state index in [-0.39, 0.29) is 18.3 Å². The summed E-state index contributed by atoms with van der Waals surface area (Å²) in [4.78, 5) is 15.7. The summed E-state index contributed by atoms with van der Waals surface area (Å²) in [5.74, 6) is 1.80. The summed E-state index contributed by atoms with van der Waals surface area (Å²) in [6.45, 7) is 1.50. The number of nitrogens with zero attached hydrogens (tertiary/aromatic N) is 3. The highest BCUT2D eigenvalue weighted by Crippen LogP contribution is 2.45. The van der Waals surface area contributed by atoms with Crippen molar-refractivity contribution in [3.05, 3.63) is 60.0 Å². The molecular formula is C22H23ClN4O. The van der Waals surface area contributed by atoms with E-state index in [4.69, 9.17) is 5.10 Å². The second-order valence-corrected chi connectivity index (χ2v) is 7.58. The molecule has 0 bridgehead atoms. The van der Waals surface area contributed by atoms with Gasteiger partial charge in [0.1, 0.15) is 5.82 Å². The van der Waals surface area contributed by atoms with Gasteiger partial charge < -0.3 is 5.32 Å². The molecule has 2 aliphatic rings. The Morgan fingerprint density at radius 1 is 1.07 bits per heavy atom. The van der Waals surface area contributed by atoms with Gasteiger partial charge in [-0.2, -0.15) is 5.10 Å².